The van der Waals surface area contributed by atoms with Crippen molar-refractivity contribution in [3.63, 3.8) is 0 Å². The second-order valence-electron chi connectivity index (χ2n) is 6.37. The van der Waals surface area contributed by atoms with Gasteiger partial charge in [0.15, 0.2) is 0 Å². The average molecular weight is 380 g/mol. The monoisotopic (exact) mass is 380 g/mol. The van der Waals surface area contributed by atoms with Crippen LogP contribution in [0.5, 0.6) is 0 Å². The molecule has 3 heterocycles. The molecular weight excluding hydrogens is 364 g/mol. The van der Waals surface area contributed by atoms with Crippen molar-refractivity contribution in [2.45, 2.75) is 25.4 Å². The van der Waals surface area contributed by atoms with Crippen LogP contribution in [-0.4, -0.2) is 26.2 Å². The third kappa shape index (κ3) is 2.88. The maximum Gasteiger partial charge on any atom is 0.142 e. The number of aliphatic hydroxyl groups is 1. The Kier molecular flexibility index (Phi) is 3.92. The first-order valence-corrected chi connectivity index (χ1v) is 10.2. The molecule has 0 fully saturated rings. The number of thiazole rings is 1. The van der Waals surface area contributed by atoms with E-state index in [0.29, 0.717) is 0 Å². The molecule has 0 spiro atoms. The van der Waals surface area contributed by atoms with Crippen molar-refractivity contribution in [3.8, 4) is 0 Å². The van der Waals surface area contributed by atoms with Gasteiger partial charge in [-0.05, 0) is 49.1 Å². The van der Waals surface area contributed by atoms with Crippen LogP contribution in [0, 0.1) is 0 Å². The number of benzene rings is 1. The lowest BCUT2D eigenvalue weighted by molar-refractivity contribution is 0.166. The molecule has 0 radical (unpaired) electrons. The van der Waals surface area contributed by atoms with Gasteiger partial charge in [0.25, 0.3) is 0 Å². The van der Waals surface area contributed by atoms with Crippen LogP contribution in [-0.2, 0) is 0 Å². The molecule has 3 aromatic heterocycles. The Balaban J connectivity index is 1.51. The van der Waals surface area contributed by atoms with E-state index in [2.05, 4.69) is 38.5 Å². The molecule has 7 heteroatoms. The molecule has 1 aliphatic rings. The van der Waals surface area contributed by atoms with Crippen LogP contribution in [0.1, 0.15) is 24.1 Å². The predicted octanol–water partition coefficient (Wildman–Crippen LogP) is 4.97. The number of aliphatic hydroxyl groups excluding tert-OH is 1. The molecule has 0 amide bonds. The van der Waals surface area contributed by atoms with Crippen LogP contribution >= 0.6 is 22.7 Å². The van der Waals surface area contributed by atoms with Crippen molar-refractivity contribution in [1.82, 2.24) is 15.0 Å². The number of fused-ring (bicyclic) bond motifs is 2. The number of aromatic nitrogens is 3. The van der Waals surface area contributed by atoms with E-state index in [-0.39, 0.29) is 6.10 Å². The molecule has 1 aromatic carbocycles. The molecule has 0 aliphatic heterocycles. The van der Waals surface area contributed by atoms with Gasteiger partial charge in [-0.2, -0.15) is 0 Å². The fraction of sp³-hybridized carbons (Fsp3) is 0.211. The van der Waals surface area contributed by atoms with Gasteiger partial charge in [0.05, 0.1) is 27.2 Å². The molecule has 1 aliphatic carbocycles. The zero-order valence-electron chi connectivity index (χ0n) is 13.8. The normalized spacial score (nSPS) is 17.6. The lowest BCUT2D eigenvalue weighted by atomic mass is 9.96. The first-order chi connectivity index (χ1) is 12.8. The van der Waals surface area contributed by atoms with E-state index < -0.39 is 0 Å². The first-order valence-electron chi connectivity index (χ1n) is 8.48. The van der Waals surface area contributed by atoms with Crippen molar-refractivity contribution in [2.75, 3.05) is 5.32 Å². The van der Waals surface area contributed by atoms with Crippen LogP contribution in [0.3, 0.4) is 0 Å². The summed E-state index contributed by atoms with van der Waals surface area (Å²) in [6, 6.07) is 8.32. The largest absolute Gasteiger partial charge is 0.393 e. The molecule has 2 N–H and O–H groups in total. The van der Waals surface area contributed by atoms with E-state index in [1.807, 2.05) is 17.6 Å². The maximum atomic E-state index is 9.70. The Morgan fingerprint density at radius 1 is 1.15 bits per heavy atom. The summed E-state index contributed by atoms with van der Waals surface area (Å²) in [5, 5.41) is 14.1. The van der Waals surface area contributed by atoms with Gasteiger partial charge in [0.1, 0.15) is 17.0 Å². The number of hydrogen-bond acceptors (Lipinski definition) is 7. The Morgan fingerprint density at radius 3 is 3.00 bits per heavy atom. The second-order valence-corrected chi connectivity index (χ2v) is 8.29. The Morgan fingerprint density at radius 2 is 2.12 bits per heavy atom. The van der Waals surface area contributed by atoms with Crippen molar-refractivity contribution in [2.24, 2.45) is 0 Å². The topological polar surface area (TPSA) is 70.9 Å². The summed E-state index contributed by atoms with van der Waals surface area (Å²) in [5.74, 6) is 0.809. The molecule has 4 aromatic rings. The van der Waals surface area contributed by atoms with E-state index >= 15 is 0 Å². The van der Waals surface area contributed by atoms with E-state index in [4.69, 9.17) is 0 Å². The zero-order chi connectivity index (χ0) is 17.5. The molecule has 1 atom stereocenters. The molecule has 0 saturated heterocycles. The number of thiophene rings is 1. The second kappa shape index (κ2) is 6.42. The van der Waals surface area contributed by atoms with Gasteiger partial charge in [0, 0.05) is 10.6 Å². The first kappa shape index (κ1) is 15.9. The summed E-state index contributed by atoms with van der Waals surface area (Å²) in [4.78, 5) is 15.4. The SMILES string of the molecule is OC1CC=C(c2cc3c(Nc4ccc5scnc5c4)ncnc3s2)CC1. The summed E-state index contributed by atoms with van der Waals surface area (Å²) < 4.78 is 1.17. The summed E-state index contributed by atoms with van der Waals surface area (Å²) in [6.07, 6.45) is 6.01. The average Bonchev–Trinajstić information content (AvgIpc) is 3.29. The Hall–Kier alpha value is -2.35. The molecule has 0 saturated carbocycles. The smallest absolute Gasteiger partial charge is 0.142 e. The van der Waals surface area contributed by atoms with Gasteiger partial charge in [0.2, 0.25) is 0 Å². The van der Waals surface area contributed by atoms with Gasteiger partial charge >= 0.3 is 0 Å². The van der Waals surface area contributed by atoms with Crippen molar-refractivity contribution < 1.29 is 5.11 Å². The van der Waals surface area contributed by atoms with E-state index in [1.165, 1.54) is 15.2 Å². The van der Waals surface area contributed by atoms with Gasteiger partial charge in [-0.15, -0.1) is 22.7 Å². The lowest BCUT2D eigenvalue weighted by Crippen LogP contribution is -2.09. The quantitative estimate of drug-likeness (QED) is 0.525. The highest BCUT2D eigenvalue weighted by Gasteiger charge is 2.16. The van der Waals surface area contributed by atoms with E-state index in [0.717, 1.165) is 46.5 Å². The summed E-state index contributed by atoms with van der Waals surface area (Å²) >= 11 is 3.32. The van der Waals surface area contributed by atoms with Crippen molar-refractivity contribution in [1.29, 1.82) is 0 Å². The van der Waals surface area contributed by atoms with E-state index in [9.17, 15) is 5.11 Å². The third-order valence-corrected chi connectivity index (χ3v) is 6.55. The minimum absolute atomic E-state index is 0.203. The highest BCUT2D eigenvalue weighted by molar-refractivity contribution is 7.19. The lowest BCUT2D eigenvalue weighted by Gasteiger charge is -2.16. The van der Waals surface area contributed by atoms with Gasteiger partial charge in [-0.1, -0.05) is 6.08 Å². The molecule has 5 nitrogen and oxygen atoms in total. The van der Waals surface area contributed by atoms with Crippen molar-refractivity contribution in [3.05, 3.63) is 47.1 Å². The number of rotatable bonds is 3. The number of hydrogen-bond donors (Lipinski definition) is 2. The van der Waals surface area contributed by atoms with Crippen LogP contribution in [0.4, 0.5) is 11.5 Å². The standard InChI is InChI=1S/C19H16N4OS2/c24-13-4-1-11(2-5-13)17-8-14-18(20-9-21-19(14)26-17)23-12-3-6-16-15(7-12)22-10-25-16/h1,3,6-10,13,24H,2,4-5H2,(H,20,21,23). The Bertz CT molecular complexity index is 1130. The van der Waals surface area contributed by atoms with E-state index in [1.54, 1.807) is 29.0 Å². The van der Waals surface area contributed by atoms with Crippen LogP contribution in [0.15, 0.2) is 42.2 Å². The molecule has 5 rings (SSSR count). The Labute approximate surface area is 158 Å². The highest BCUT2D eigenvalue weighted by Crippen LogP contribution is 2.37. The number of nitrogens with zero attached hydrogens (tertiary/aromatic N) is 3. The number of nitrogens with one attached hydrogen (secondary N) is 1. The summed E-state index contributed by atoms with van der Waals surface area (Å²) in [6.45, 7) is 0. The zero-order valence-corrected chi connectivity index (χ0v) is 15.5. The highest BCUT2D eigenvalue weighted by atomic mass is 32.1. The maximum absolute atomic E-state index is 9.70. The van der Waals surface area contributed by atoms with Gasteiger partial charge < -0.3 is 10.4 Å². The van der Waals surface area contributed by atoms with Crippen LogP contribution in [0.25, 0.3) is 26.0 Å². The van der Waals surface area contributed by atoms with Gasteiger partial charge in [-0.25, -0.2) is 15.0 Å². The number of anilines is 2. The molecule has 1 unspecified atom stereocenters. The minimum Gasteiger partial charge on any atom is -0.393 e. The molecule has 26 heavy (non-hydrogen) atoms. The molecular formula is C19H16N4OS2. The fourth-order valence-electron chi connectivity index (χ4n) is 3.23. The van der Waals surface area contributed by atoms with Crippen molar-refractivity contribution >= 4 is 60.2 Å². The minimum atomic E-state index is -0.203. The van der Waals surface area contributed by atoms with Gasteiger partial charge in [-0.3, -0.25) is 0 Å². The van der Waals surface area contributed by atoms with Crippen LogP contribution < -0.4 is 5.32 Å². The predicted molar refractivity (Wildman–Crippen MR) is 108 cm³/mol. The summed E-state index contributed by atoms with van der Waals surface area (Å²) in [7, 11) is 0. The summed E-state index contributed by atoms with van der Waals surface area (Å²) in [5.41, 5.74) is 5.11. The molecule has 130 valence electrons. The fourth-order valence-corrected chi connectivity index (χ4v) is 4.96. The van der Waals surface area contributed by atoms with Crippen LogP contribution in [0.2, 0.25) is 0 Å². The third-order valence-electron chi connectivity index (χ3n) is 4.62. The molecule has 0 bridgehead atoms. The number of allylic oxidation sites excluding steroid dienone is 1.